The van der Waals surface area contributed by atoms with Crippen LogP contribution in [0.25, 0.3) is 0 Å². The van der Waals surface area contributed by atoms with Gasteiger partial charge in [-0.15, -0.1) is 0 Å². The van der Waals surface area contributed by atoms with Crippen molar-refractivity contribution in [3.63, 3.8) is 0 Å². The topological polar surface area (TPSA) is 25.8 Å². The molecule has 64 valence electrons. The van der Waals surface area contributed by atoms with E-state index in [2.05, 4.69) is 37.7 Å². The molecular formula is C10H14N2. The molecule has 1 aromatic heterocycles. The highest BCUT2D eigenvalue weighted by molar-refractivity contribution is 5.43. The van der Waals surface area contributed by atoms with Gasteiger partial charge in [-0.1, -0.05) is 27.7 Å². The summed E-state index contributed by atoms with van der Waals surface area (Å²) in [6, 6.07) is 0. The maximum atomic E-state index is 4.35. The van der Waals surface area contributed by atoms with Gasteiger partial charge in [0.2, 0.25) is 0 Å². The van der Waals surface area contributed by atoms with Crippen molar-refractivity contribution in [1.82, 2.24) is 9.97 Å². The smallest absolute Gasteiger partial charge is 0.0690 e. The highest BCUT2D eigenvalue weighted by atomic mass is 14.9. The van der Waals surface area contributed by atoms with E-state index in [0.717, 1.165) is 11.4 Å². The van der Waals surface area contributed by atoms with Gasteiger partial charge in [-0.2, -0.15) is 0 Å². The van der Waals surface area contributed by atoms with Crippen molar-refractivity contribution in [1.29, 1.82) is 0 Å². The fraction of sp³-hybridized carbons (Fsp3) is 0.600. The van der Waals surface area contributed by atoms with Crippen molar-refractivity contribution >= 4 is 0 Å². The van der Waals surface area contributed by atoms with Crippen LogP contribution in [0.4, 0.5) is 0 Å². The second-order valence-corrected chi connectivity index (χ2v) is 4.50. The van der Waals surface area contributed by atoms with Gasteiger partial charge in [0.05, 0.1) is 11.4 Å². The zero-order valence-electron chi connectivity index (χ0n) is 8.05. The minimum Gasteiger partial charge on any atom is -0.257 e. The fourth-order valence-corrected chi connectivity index (χ4v) is 1.78. The van der Waals surface area contributed by atoms with Crippen LogP contribution in [0.15, 0.2) is 12.4 Å². The number of rotatable bonds is 0. The molecule has 0 N–H and O–H groups in total. The third-order valence-electron chi connectivity index (χ3n) is 3.44. The first kappa shape index (κ1) is 7.71. The van der Waals surface area contributed by atoms with Crippen LogP contribution in [-0.2, 0) is 10.8 Å². The first-order valence-electron chi connectivity index (χ1n) is 4.30. The summed E-state index contributed by atoms with van der Waals surface area (Å²) in [7, 11) is 0. The number of aromatic nitrogens is 2. The normalized spacial score (nSPS) is 22.7. The fourth-order valence-electron chi connectivity index (χ4n) is 1.78. The second kappa shape index (κ2) is 1.87. The molecule has 0 fully saturated rings. The number of nitrogens with zero attached hydrogens (tertiary/aromatic N) is 2. The molecular weight excluding hydrogens is 148 g/mol. The van der Waals surface area contributed by atoms with Gasteiger partial charge in [0, 0.05) is 23.2 Å². The molecule has 0 saturated heterocycles. The predicted molar refractivity (Wildman–Crippen MR) is 48.1 cm³/mol. The van der Waals surface area contributed by atoms with Crippen molar-refractivity contribution in [2.24, 2.45) is 0 Å². The van der Waals surface area contributed by atoms with Crippen LogP contribution >= 0.6 is 0 Å². The number of hydrogen-bond donors (Lipinski definition) is 0. The minimum atomic E-state index is 0.177. The molecule has 2 nitrogen and oxygen atoms in total. The molecule has 0 atom stereocenters. The summed E-state index contributed by atoms with van der Waals surface area (Å²) in [4.78, 5) is 8.70. The third-order valence-corrected chi connectivity index (χ3v) is 3.44. The van der Waals surface area contributed by atoms with E-state index in [9.17, 15) is 0 Å². The predicted octanol–water partition coefficient (Wildman–Crippen LogP) is 2.05. The second-order valence-electron chi connectivity index (χ2n) is 4.50. The Kier molecular flexibility index (Phi) is 1.20. The van der Waals surface area contributed by atoms with E-state index in [1.165, 1.54) is 0 Å². The molecule has 1 heterocycles. The van der Waals surface area contributed by atoms with Crippen LogP contribution in [-0.4, -0.2) is 9.97 Å². The lowest BCUT2D eigenvalue weighted by Crippen LogP contribution is -2.52. The van der Waals surface area contributed by atoms with Crippen LogP contribution in [0.2, 0.25) is 0 Å². The molecule has 12 heavy (non-hydrogen) atoms. The molecule has 0 aromatic carbocycles. The van der Waals surface area contributed by atoms with E-state index in [-0.39, 0.29) is 10.8 Å². The quantitative estimate of drug-likeness (QED) is 0.583. The Morgan fingerprint density at radius 2 is 1.17 bits per heavy atom. The summed E-state index contributed by atoms with van der Waals surface area (Å²) in [5, 5.41) is 0. The van der Waals surface area contributed by atoms with E-state index in [1.54, 1.807) is 12.4 Å². The maximum Gasteiger partial charge on any atom is 0.0690 e. The molecule has 1 aliphatic carbocycles. The Balaban J connectivity index is 2.64. The summed E-state index contributed by atoms with van der Waals surface area (Å²) in [5.41, 5.74) is 2.68. The zero-order valence-corrected chi connectivity index (χ0v) is 8.05. The first-order valence-corrected chi connectivity index (χ1v) is 4.30. The van der Waals surface area contributed by atoms with E-state index in [4.69, 9.17) is 0 Å². The van der Waals surface area contributed by atoms with Crippen LogP contribution in [0, 0.1) is 0 Å². The Bertz CT molecular complexity index is 293. The van der Waals surface area contributed by atoms with Crippen LogP contribution in [0.3, 0.4) is 0 Å². The molecule has 0 saturated carbocycles. The molecule has 1 aromatic rings. The van der Waals surface area contributed by atoms with E-state index >= 15 is 0 Å². The summed E-state index contributed by atoms with van der Waals surface area (Å²) >= 11 is 0. The van der Waals surface area contributed by atoms with Gasteiger partial charge in [-0.05, 0) is 0 Å². The van der Waals surface area contributed by atoms with Crippen LogP contribution in [0.5, 0.6) is 0 Å². The molecule has 1 aliphatic rings. The molecule has 2 heteroatoms. The average Bonchev–Trinajstić information content (AvgIpc) is 2.04. The van der Waals surface area contributed by atoms with E-state index in [1.807, 2.05) is 0 Å². The van der Waals surface area contributed by atoms with Gasteiger partial charge in [-0.3, -0.25) is 9.97 Å². The lowest BCUT2D eigenvalue weighted by atomic mass is 9.54. The monoisotopic (exact) mass is 162 g/mol. The van der Waals surface area contributed by atoms with Crippen LogP contribution < -0.4 is 0 Å². The molecule has 0 spiro atoms. The molecule has 0 amide bonds. The first-order chi connectivity index (χ1) is 5.48. The highest BCUT2D eigenvalue weighted by Gasteiger charge is 2.53. The Morgan fingerprint density at radius 3 is 1.50 bits per heavy atom. The lowest BCUT2D eigenvalue weighted by molar-refractivity contribution is 0.221. The Hall–Kier alpha value is -0.920. The average molecular weight is 162 g/mol. The summed E-state index contributed by atoms with van der Waals surface area (Å²) in [5.74, 6) is 0. The molecule has 0 aliphatic heterocycles. The molecule has 0 unspecified atom stereocenters. The molecule has 0 bridgehead atoms. The molecule has 2 rings (SSSR count). The van der Waals surface area contributed by atoms with Gasteiger partial charge in [0.15, 0.2) is 0 Å². The van der Waals surface area contributed by atoms with Gasteiger partial charge >= 0.3 is 0 Å². The largest absolute Gasteiger partial charge is 0.257 e. The van der Waals surface area contributed by atoms with Crippen LogP contribution in [0.1, 0.15) is 39.1 Å². The number of fused-ring (bicyclic) bond motifs is 1. The van der Waals surface area contributed by atoms with Crippen molar-refractivity contribution in [3.8, 4) is 0 Å². The van der Waals surface area contributed by atoms with Crippen molar-refractivity contribution in [2.45, 2.75) is 38.5 Å². The van der Waals surface area contributed by atoms with E-state index in [0.29, 0.717) is 0 Å². The lowest BCUT2D eigenvalue weighted by Gasteiger charge is -2.51. The molecule has 0 radical (unpaired) electrons. The standard InChI is InChI=1S/C10H14N2/c1-9(2)7-8(10(9,3)4)12-6-5-11-7/h5-6H,1-4H3. The van der Waals surface area contributed by atoms with E-state index < -0.39 is 0 Å². The third kappa shape index (κ3) is 0.614. The summed E-state index contributed by atoms with van der Waals surface area (Å²) in [6.45, 7) is 8.90. The Labute approximate surface area is 73.1 Å². The Morgan fingerprint density at radius 1 is 0.833 bits per heavy atom. The highest BCUT2D eigenvalue weighted by Crippen LogP contribution is 2.53. The van der Waals surface area contributed by atoms with Gasteiger partial charge in [-0.25, -0.2) is 0 Å². The van der Waals surface area contributed by atoms with Gasteiger partial charge in [0.1, 0.15) is 0 Å². The number of hydrogen-bond acceptors (Lipinski definition) is 2. The summed E-state index contributed by atoms with van der Waals surface area (Å²) < 4.78 is 0. The van der Waals surface area contributed by atoms with Crippen molar-refractivity contribution in [3.05, 3.63) is 23.8 Å². The van der Waals surface area contributed by atoms with Crippen molar-refractivity contribution < 1.29 is 0 Å². The maximum absolute atomic E-state index is 4.35. The van der Waals surface area contributed by atoms with Crippen molar-refractivity contribution in [2.75, 3.05) is 0 Å². The summed E-state index contributed by atoms with van der Waals surface area (Å²) in [6.07, 6.45) is 3.55. The minimum absolute atomic E-state index is 0.177. The van der Waals surface area contributed by atoms with Gasteiger partial charge < -0.3 is 0 Å². The van der Waals surface area contributed by atoms with Gasteiger partial charge in [0.25, 0.3) is 0 Å². The zero-order chi connectivity index (χ0) is 8.98. The SMILES string of the molecule is CC1(C)c2nccnc2C1(C)C.